The molecule has 0 bridgehead atoms. The van der Waals surface area contributed by atoms with Crippen molar-refractivity contribution in [2.75, 3.05) is 13.7 Å². The van der Waals surface area contributed by atoms with Crippen LogP contribution in [0.2, 0.25) is 0 Å². The molecule has 1 aromatic rings. The Morgan fingerprint density at radius 3 is 2.46 bits per heavy atom. The highest BCUT2D eigenvalue weighted by Crippen LogP contribution is 2.25. The Morgan fingerprint density at radius 1 is 1.38 bits per heavy atom. The first-order valence-electron chi connectivity index (χ1n) is 4.17. The fourth-order valence-electron chi connectivity index (χ4n) is 1.09. The van der Waals surface area contributed by atoms with Gasteiger partial charge in [0.05, 0.1) is 12.5 Å². The lowest BCUT2D eigenvalue weighted by atomic mass is 10.1. The molecule has 3 heteroatoms. The van der Waals surface area contributed by atoms with Crippen LogP contribution >= 0.6 is 11.6 Å². The Balaban J connectivity index is 2.67. The zero-order chi connectivity index (χ0) is 9.68. The summed E-state index contributed by atoms with van der Waals surface area (Å²) in [5, 5.41) is 8.57. The topological polar surface area (TPSA) is 29.5 Å². The Hall–Kier alpha value is -0.730. The monoisotopic (exact) mass is 200 g/mol. The zero-order valence-electron chi connectivity index (χ0n) is 7.53. The molecule has 0 saturated heterocycles. The van der Waals surface area contributed by atoms with Crippen molar-refractivity contribution in [2.45, 2.75) is 11.8 Å². The van der Waals surface area contributed by atoms with Gasteiger partial charge in [-0.3, -0.25) is 0 Å². The molecule has 0 aromatic heterocycles. The van der Waals surface area contributed by atoms with Gasteiger partial charge in [0.1, 0.15) is 5.75 Å². The van der Waals surface area contributed by atoms with E-state index in [1.165, 1.54) is 0 Å². The third kappa shape index (κ3) is 2.90. The molecule has 72 valence electrons. The molecular formula is C10H13ClO2. The number of hydrogen-bond donors (Lipinski definition) is 1. The Labute approximate surface area is 83.1 Å². The quantitative estimate of drug-likeness (QED) is 0.757. The minimum Gasteiger partial charge on any atom is -0.497 e. The van der Waals surface area contributed by atoms with Gasteiger partial charge in [0, 0.05) is 6.61 Å². The Bertz CT molecular complexity index is 246. The number of hydrogen-bond acceptors (Lipinski definition) is 2. The van der Waals surface area contributed by atoms with Crippen LogP contribution in [0.25, 0.3) is 0 Å². The maximum absolute atomic E-state index is 8.69. The van der Waals surface area contributed by atoms with Crippen molar-refractivity contribution < 1.29 is 9.84 Å². The molecule has 1 N–H and O–H groups in total. The largest absolute Gasteiger partial charge is 0.497 e. The molecule has 0 saturated carbocycles. The van der Waals surface area contributed by atoms with Gasteiger partial charge in [-0.15, -0.1) is 11.6 Å². The maximum atomic E-state index is 8.69. The van der Waals surface area contributed by atoms with E-state index in [-0.39, 0.29) is 12.0 Å². The summed E-state index contributed by atoms with van der Waals surface area (Å²) in [6.07, 6.45) is 0.577. The van der Waals surface area contributed by atoms with Crippen LogP contribution in [-0.4, -0.2) is 18.8 Å². The molecule has 1 aromatic carbocycles. The van der Waals surface area contributed by atoms with Gasteiger partial charge >= 0.3 is 0 Å². The molecule has 0 aliphatic heterocycles. The number of halogens is 1. The second kappa shape index (κ2) is 5.10. The summed E-state index contributed by atoms with van der Waals surface area (Å²) in [5.41, 5.74) is 1.01. The van der Waals surface area contributed by atoms with E-state index in [4.69, 9.17) is 21.4 Å². The molecule has 0 amide bonds. The highest BCUT2D eigenvalue weighted by molar-refractivity contribution is 6.20. The summed E-state index contributed by atoms with van der Waals surface area (Å²) >= 11 is 6.00. The van der Waals surface area contributed by atoms with Crippen LogP contribution in [0.1, 0.15) is 17.4 Å². The fourth-order valence-corrected chi connectivity index (χ4v) is 1.34. The van der Waals surface area contributed by atoms with E-state index < -0.39 is 0 Å². The second-order valence-corrected chi connectivity index (χ2v) is 3.28. The summed E-state index contributed by atoms with van der Waals surface area (Å²) in [6.45, 7) is 0.111. The normalized spacial score (nSPS) is 12.5. The number of benzene rings is 1. The van der Waals surface area contributed by atoms with E-state index in [0.717, 1.165) is 11.3 Å². The van der Waals surface area contributed by atoms with Crippen LogP contribution in [0.5, 0.6) is 5.75 Å². The minimum absolute atomic E-state index is 0.111. The maximum Gasteiger partial charge on any atom is 0.118 e. The summed E-state index contributed by atoms with van der Waals surface area (Å²) in [4.78, 5) is 0. The minimum atomic E-state index is -0.115. The van der Waals surface area contributed by atoms with Gasteiger partial charge < -0.3 is 9.84 Å². The molecule has 1 unspecified atom stereocenters. The van der Waals surface area contributed by atoms with Crippen LogP contribution in [0, 0.1) is 0 Å². The summed E-state index contributed by atoms with van der Waals surface area (Å²) in [6, 6.07) is 7.54. The van der Waals surface area contributed by atoms with Gasteiger partial charge in [0.2, 0.25) is 0 Å². The van der Waals surface area contributed by atoms with Crippen LogP contribution in [0.3, 0.4) is 0 Å². The molecule has 2 nitrogen and oxygen atoms in total. The predicted molar refractivity (Wildman–Crippen MR) is 53.3 cm³/mol. The van der Waals surface area contributed by atoms with Crippen molar-refractivity contribution in [3.8, 4) is 5.75 Å². The van der Waals surface area contributed by atoms with Gasteiger partial charge in [-0.2, -0.15) is 0 Å². The molecule has 1 rings (SSSR count). The summed E-state index contributed by atoms with van der Waals surface area (Å²) < 4.78 is 5.02. The number of methoxy groups -OCH3 is 1. The van der Waals surface area contributed by atoms with Crippen molar-refractivity contribution in [1.82, 2.24) is 0 Å². The lowest BCUT2D eigenvalue weighted by Gasteiger charge is -2.08. The molecule has 0 aliphatic rings. The SMILES string of the molecule is COc1ccc(C(Cl)CCO)cc1. The lowest BCUT2D eigenvalue weighted by Crippen LogP contribution is -1.94. The molecule has 0 heterocycles. The predicted octanol–water partition coefficient (Wildman–Crippen LogP) is 2.36. The number of rotatable bonds is 4. The molecular weight excluding hydrogens is 188 g/mol. The average Bonchev–Trinajstić information content (AvgIpc) is 2.18. The third-order valence-electron chi connectivity index (χ3n) is 1.86. The first-order chi connectivity index (χ1) is 6.27. The smallest absolute Gasteiger partial charge is 0.118 e. The first-order valence-corrected chi connectivity index (χ1v) is 4.60. The zero-order valence-corrected chi connectivity index (χ0v) is 8.29. The fraction of sp³-hybridized carbons (Fsp3) is 0.400. The number of aliphatic hydroxyl groups excluding tert-OH is 1. The van der Waals surface area contributed by atoms with Crippen LogP contribution in [0.4, 0.5) is 0 Å². The molecule has 0 fully saturated rings. The second-order valence-electron chi connectivity index (χ2n) is 2.75. The van der Waals surface area contributed by atoms with Gasteiger partial charge in [-0.25, -0.2) is 0 Å². The van der Waals surface area contributed by atoms with Crippen molar-refractivity contribution in [2.24, 2.45) is 0 Å². The summed E-state index contributed by atoms with van der Waals surface area (Å²) in [7, 11) is 1.63. The van der Waals surface area contributed by atoms with E-state index >= 15 is 0 Å². The third-order valence-corrected chi connectivity index (χ3v) is 2.33. The first kappa shape index (κ1) is 10.4. The van der Waals surface area contributed by atoms with Crippen LogP contribution in [-0.2, 0) is 0 Å². The number of alkyl halides is 1. The highest BCUT2D eigenvalue weighted by Gasteiger charge is 2.06. The molecule has 0 radical (unpaired) electrons. The Morgan fingerprint density at radius 2 is 2.00 bits per heavy atom. The number of aliphatic hydroxyl groups is 1. The van der Waals surface area contributed by atoms with Crippen LogP contribution < -0.4 is 4.74 Å². The van der Waals surface area contributed by atoms with Gasteiger partial charge in [-0.1, -0.05) is 12.1 Å². The lowest BCUT2D eigenvalue weighted by molar-refractivity contribution is 0.286. The summed E-state index contributed by atoms with van der Waals surface area (Å²) in [5.74, 6) is 0.816. The van der Waals surface area contributed by atoms with E-state index in [1.807, 2.05) is 24.3 Å². The van der Waals surface area contributed by atoms with Crippen molar-refractivity contribution in [3.05, 3.63) is 29.8 Å². The Kier molecular flexibility index (Phi) is 4.06. The standard InChI is InChI=1S/C10H13ClO2/c1-13-9-4-2-8(3-5-9)10(11)6-7-12/h2-5,10,12H,6-7H2,1H3. The van der Waals surface area contributed by atoms with E-state index in [2.05, 4.69) is 0 Å². The highest BCUT2D eigenvalue weighted by atomic mass is 35.5. The van der Waals surface area contributed by atoms with E-state index in [1.54, 1.807) is 7.11 Å². The van der Waals surface area contributed by atoms with Crippen molar-refractivity contribution in [1.29, 1.82) is 0 Å². The molecule has 1 atom stereocenters. The number of ether oxygens (including phenoxy) is 1. The van der Waals surface area contributed by atoms with E-state index in [9.17, 15) is 0 Å². The van der Waals surface area contributed by atoms with Crippen molar-refractivity contribution >= 4 is 11.6 Å². The van der Waals surface area contributed by atoms with E-state index in [0.29, 0.717) is 6.42 Å². The van der Waals surface area contributed by atoms with Crippen LogP contribution in [0.15, 0.2) is 24.3 Å². The van der Waals surface area contributed by atoms with Gasteiger partial charge in [0.25, 0.3) is 0 Å². The average molecular weight is 201 g/mol. The molecule has 0 aliphatic carbocycles. The van der Waals surface area contributed by atoms with Gasteiger partial charge in [0.15, 0.2) is 0 Å². The molecule has 13 heavy (non-hydrogen) atoms. The van der Waals surface area contributed by atoms with Crippen molar-refractivity contribution in [3.63, 3.8) is 0 Å². The molecule has 0 spiro atoms. The van der Waals surface area contributed by atoms with Gasteiger partial charge in [-0.05, 0) is 24.1 Å².